The van der Waals surface area contributed by atoms with E-state index in [4.69, 9.17) is 10.5 Å². The number of ether oxygens (including phenoxy) is 1. The minimum Gasteiger partial charge on any atom is -0.497 e. The van der Waals surface area contributed by atoms with E-state index < -0.39 is 10.0 Å². The SMILES string of the molecule is COc1ccc(S(=O)(=O)NCCC2CCC2)c(CCN)c1. The Morgan fingerprint density at radius 1 is 1.38 bits per heavy atom. The Labute approximate surface area is 126 Å². The first-order chi connectivity index (χ1) is 10.1. The van der Waals surface area contributed by atoms with E-state index in [0.717, 1.165) is 6.42 Å². The molecule has 118 valence electrons. The van der Waals surface area contributed by atoms with Gasteiger partial charge in [0.2, 0.25) is 10.0 Å². The van der Waals surface area contributed by atoms with Crippen LogP contribution in [0.1, 0.15) is 31.2 Å². The van der Waals surface area contributed by atoms with Gasteiger partial charge in [0.05, 0.1) is 12.0 Å². The molecule has 0 radical (unpaired) electrons. The van der Waals surface area contributed by atoms with Crippen molar-refractivity contribution in [2.24, 2.45) is 11.7 Å². The van der Waals surface area contributed by atoms with Crippen molar-refractivity contribution in [3.8, 4) is 5.75 Å². The Hall–Kier alpha value is -1.11. The van der Waals surface area contributed by atoms with Crippen LogP contribution in [0, 0.1) is 5.92 Å². The summed E-state index contributed by atoms with van der Waals surface area (Å²) >= 11 is 0. The van der Waals surface area contributed by atoms with Crippen LogP contribution in [0.15, 0.2) is 23.1 Å². The Balaban J connectivity index is 2.09. The van der Waals surface area contributed by atoms with Crippen LogP contribution in [-0.4, -0.2) is 28.6 Å². The molecule has 21 heavy (non-hydrogen) atoms. The second kappa shape index (κ2) is 7.24. The van der Waals surface area contributed by atoms with Gasteiger partial charge in [-0.05, 0) is 49.1 Å². The molecule has 0 spiro atoms. The highest BCUT2D eigenvalue weighted by atomic mass is 32.2. The molecule has 0 bridgehead atoms. The van der Waals surface area contributed by atoms with Crippen LogP contribution in [0.3, 0.4) is 0 Å². The zero-order valence-electron chi connectivity index (χ0n) is 12.5. The third-order valence-corrected chi connectivity index (χ3v) is 5.60. The molecule has 1 aliphatic rings. The summed E-state index contributed by atoms with van der Waals surface area (Å²) in [7, 11) is -1.92. The van der Waals surface area contributed by atoms with Gasteiger partial charge in [0.15, 0.2) is 0 Å². The van der Waals surface area contributed by atoms with Crippen molar-refractivity contribution in [2.45, 2.75) is 37.0 Å². The molecule has 0 atom stereocenters. The number of rotatable bonds is 8. The molecule has 1 aromatic carbocycles. The number of nitrogens with one attached hydrogen (secondary N) is 1. The lowest BCUT2D eigenvalue weighted by Gasteiger charge is -2.25. The van der Waals surface area contributed by atoms with Gasteiger partial charge in [-0.25, -0.2) is 13.1 Å². The molecule has 2 rings (SSSR count). The molecule has 0 aliphatic heterocycles. The molecule has 1 aliphatic carbocycles. The summed E-state index contributed by atoms with van der Waals surface area (Å²) in [5.74, 6) is 1.33. The summed E-state index contributed by atoms with van der Waals surface area (Å²) in [6.07, 6.45) is 5.15. The fourth-order valence-electron chi connectivity index (χ4n) is 2.55. The second-order valence-electron chi connectivity index (χ2n) is 5.50. The maximum atomic E-state index is 12.4. The van der Waals surface area contributed by atoms with Gasteiger partial charge in [-0.3, -0.25) is 0 Å². The Morgan fingerprint density at radius 2 is 2.14 bits per heavy atom. The maximum Gasteiger partial charge on any atom is 0.240 e. The summed E-state index contributed by atoms with van der Waals surface area (Å²) in [5, 5.41) is 0. The molecule has 6 heteroatoms. The minimum atomic E-state index is -3.48. The molecule has 0 saturated heterocycles. The molecule has 1 aromatic rings. The molecule has 5 nitrogen and oxygen atoms in total. The fourth-order valence-corrected chi connectivity index (χ4v) is 3.85. The number of nitrogens with two attached hydrogens (primary N) is 1. The summed E-state index contributed by atoms with van der Waals surface area (Å²) in [6, 6.07) is 5.00. The van der Waals surface area contributed by atoms with E-state index in [-0.39, 0.29) is 0 Å². The fraction of sp³-hybridized carbons (Fsp3) is 0.600. The molecular formula is C15H24N2O3S. The third-order valence-electron chi connectivity index (χ3n) is 4.04. The van der Waals surface area contributed by atoms with E-state index in [0.29, 0.717) is 41.6 Å². The second-order valence-corrected chi connectivity index (χ2v) is 7.23. The van der Waals surface area contributed by atoms with Crippen molar-refractivity contribution in [3.63, 3.8) is 0 Å². The Morgan fingerprint density at radius 3 is 2.71 bits per heavy atom. The smallest absolute Gasteiger partial charge is 0.240 e. The summed E-state index contributed by atoms with van der Waals surface area (Å²) in [5.41, 5.74) is 6.28. The first-order valence-corrected chi connectivity index (χ1v) is 8.92. The highest BCUT2D eigenvalue weighted by Crippen LogP contribution is 2.29. The molecule has 1 saturated carbocycles. The summed E-state index contributed by atoms with van der Waals surface area (Å²) in [6.45, 7) is 0.902. The number of methoxy groups -OCH3 is 1. The van der Waals surface area contributed by atoms with Crippen LogP contribution in [0.25, 0.3) is 0 Å². The molecule has 0 unspecified atom stereocenters. The predicted molar refractivity (Wildman–Crippen MR) is 82.9 cm³/mol. The first-order valence-electron chi connectivity index (χ1n) is 7.43. The quantitative estimate of drug-likeness (QED) is 0.765. The van der Waals surface area contributed by atoms with Gasteiger partial charge >= 0.3 is 0 Å². The van der Waals surface area contributed by atoms with Crippen LogP contribution in [0.4, 0.5) is 0 Å². The predicted octanol–water partition coefficient (Wildman–Crippen LogP) is 1.66. The highest BCUT2D eigenvalue weighted by Gasteiger charge is 2.21. The summed E-state index contributed by atoms with van der Waals surface area (Å²) < 4.78 is 32.7. The van der Waals surface area contributed by atoms with Crippen molar-refractivity contribution in [3.05, 3.63) is 23.8 Å². The monoisotopic (exact) mass is 312 g/mol. The average molecular weight is 312 g/mol. The largest absolute Gasteiger partial charge is 0.497 e. The topological polar surface area (TPSA) is 81.4 Å². The van der Waals surface area contributed by atoms with Gasteiger partial charge in [0.25, 0.3) is 0 Å². The summed E-state index contributed by atoms with van der Waals surface area (Å²) in [4.78, 5) is 0.308. The molecule has 0 heterocycles. The zero-order valence-corrected chi connectivity index (χ0v) is 13.3. The third kappa shape index (κ3) is 4.18. The lowest BCUT2D eigenvalue weighted by atomic mass is 9.83. The molecule has 1 fully saturated rings. The highest BCUT2D eigenvalue weighted by molar-refractivity contribution is 7.89. The normalized spacial score (nSPS) is 15.7. The Bertz CT molecular complexity index is 568. The van der Waals surface area contributed by atoms with Crippen LogP contribution in [0.5, 0.6) is 5.75 Å². The molecule has 0 aromatic heterocycles. The average Bonchev–Trinajstić information content (AvgIpc) is 2.41. The van der Waals surface area contributed by atoms with Gasteiger partial charge < -0.3 is 10.5 Å². The lowest BCUT2D eigenvalue weighted by molar-refractivity contribution is 0.297. The van der Waals surface area contributed by atoms with E-state index in [1.165, 1.54) is 19.3 Å². The van der Waals surface area contributed by atoms with Gasteiger partial charge in [-0.1, -0.05) is 19.3 Å². The van der Waals surface area contributed by atoms with Crippen molar-refractivity contribution in [1.29, 1.82) is 0 Å². The number of hydrogen-bond acceptors (Lipinski definition) is 4. The van der Waals surface area contributed by atoms with Crippen molar-refractivity contribution < 1.29 is 13.2 Å². The van der Waals surface area contributed by atoms with Gasteiger partial charge in [0, 0.05) is 6.54 Å². The van der Waals surface area contributed by atoms with E-state index in [9.17, 15) is 8.42 Å². The molecular weight excluding hydrogens is 288 g/mol. The van der Waals surface area contributed by atoms with E-state index in [2.05, 4.69) is 4.72 Å². The zero-order chi connectivity index (χ0) is 15.3. The van der Waals surface area contributed by atoms with E-state index in [1.807, 2.05) is 0 Å². The van der Waals surface area contributed by atoms with Crippen LogP contribution < -0.4 is 15.2 Å². The van der Waals surface area contributed by atoms with Crippen LogP contribution in [0.2, 0.25) is 0 Å². The van der Waals surface area contributed by atoms with Crippen LogP contribution >= 0.6 is 0 Å². The minimum absolute atomic E-state index is 0.308. The van der Waals surface area contributed by atoms with Crippen LogP contribution in [-0.2, 0) is 16.4 Å². The van der Waals surface area contributed by atoms with Gasteiger partial charge in [0.1, 0.15) is 5.75 Å². The van der Waals surface area contributed by atoms with E-state index >= 15 is 0 Å². The van der Waals surface area contributed by atoms with Crippen molar-refractivity contribution in [1.82, 2.24) is 4.72 Å². The first kappa shape index (κ1) is 16.3. The Kier molecular flexibility index (Phi) is 5.61. The van der Waals surface area contributed by atoms with Crippen molar-refractivity contribution in [2.75, 3.05) is 20.2 Å². The maximum absolute atomic E-state index is 12.4. The van der Waals surface area contributed by atoms with Gasteiger partial charge in [-0.15, -0.1) is 0 Å². The number of hydrogen-bond donors (Lipinski definition) is 2. The lowest BCUT2D eigenvalue weighted by Crippen LogP contribution is -2.28. The van der Waals surface area contributed by atoms with Gasteiger partial charge in [-0.2, -0.15) is 0 Å². The molecule has 3 N–H and O–H groups in total. The standard InChI is InChI=1S/C15H24N2O3S/c1-20-14-5-6-15(13(11-14)7-9-16)21(18,19)17-10-8-12-3-2-4-12/h5-6,11-12,17H,2-4,7-10,16H2,1H3. The van der Waals surface area contributed by atoms with E-state index in [1.54, 1.807) is 25.3 Å². The number of sulfonamides is 1. The number of benzene rings is 1. The van der Waals surface area contributed by atoms with Crippen molar-refractivity contribution >= 4 is 10.0 Å². The molecule has 0 amide bonds.